The van der Waals surface area contributed by atoms with Gasteiger partial charge in [-0.05, 0) is 44.9 Å². The zero-order valence-electron chi connectivity index (χ0n) is 20.2. The van der Waals surface area contributed by atoms with Crippen molar-refractivity contribution in [1.82, 2.24) is 19.9 Å². The van der Waals surface area contributed by atoms with Gasteiger partial charge in [-0.3, -0.25) is 0 Å². The minimum Gasteiger partial charge on any atom is -0.377 e. The Labute approximate surface area is 195 Å². The van der Waals surface area contributed by atoms with Gasteiger partial charge in [0.25, 0.3) is 0 Å². The van der Waals surface area contributed by atoms with Gasteiger partial charge in [-0.25, -0.2) is 14.8 Å². The van der Waals surface area contributed by atoms with E-state index in [4.69, 9.17) is 14.7 Å². The van der Waals surface area contributed by atoms with E-state index < -0.39 is 0 Å². The van der Waals surface area contributed by atoms with Crippen LogP contribution >= 0.6 is 0 Å². The third-order valence-electron chi connectivity index (χ3n) is 5.87. The number of rotatable bonds is 6. The summed E-state index contributed by atoms with van der Waals surface area (Å²) in [5.41, 5.74) is 5.59. The third-order valence-corrected chi connectivity index (χ3v) is 5.87. The van der Waals surface area contributed by atoms with E-state index in [0.29, 0.717) is 25.7 Å². The lowest BCUT2D eigenvalue weighted by Crippen LogP contribution is -2.43. The second kappa shape index (κ2) is 9.79. The number of amides is 2. The summed E-state index contributed by atoms with van der Waals surface area (Å²) in [5, 5.41) is 5.59. The molecule has 0 spiro atoms. The lowest BCUT2D eigenvalue weighted by molar-refractivity contribution is 0.0991. The summed E-state index contributed by atoms with van der Waals surface area (Å²) >= 11 is 0. The normalized spacial score (nSPS) is 16.4. The molecule has 3 aromatic rings. The van der Waals surface area contributed by atoms with Crippen molar-refractivity contribution in [1.29, 1.82) is 0 Å². The van der Waals surface area contributed by atoms with E-state index >= 15 is 0 Å². The summed E-state index contributed by atoms with van der Waals surface area (Å²) in [5.74, 6) is 1.46. The molecule has 1 aromatic carbocycles. The fraction of sp³-hybridized carbons (Fsp3) is 0.480. The number of aromatic nitrogens is 3. The average molecular weight is 451 g/mol. The number of imidazole rings is 1. The summed E-state index contributed by atoms with van der Waals surface area (Å²) in [6.07, 6.45) is 0. The molecule has 1 saturated heterocycles. The Morgan fingerprint density at radius 3 is 2.67 bits per heavy atom. The summed E-state index contributed by atoms with van der Waals surface area (Å²) in [7, 11) is 0. The Balaban J connectivity index is 1.78. The lowest BCUT2D eigenvalue weighted by atomic mass is 10.1. The molecular weight excluding hydrogens is 416 g/mol. The predicted octanol–water partition coefficient (Wildman–Crippen LogP) is 4.43. The Kier molecular flexibility index (Phi) is 6.83. The molecule has 1 aliphatic heterocycles. The number of nitrogens with one attached hydrogen (secondary N) is 2. The fourth-order valence-corrected chi connectivity index (χ4v) is 4.28. The molecule has 1 aliphatic rings. The van der Waals surface area contributed by atoms with Crippen LogP contribution in [0.3, 0.4) is 0 Å². The van der Waals surface area contributed by atoms with E-state index in [9.17, 15) is 4.79 Å². The van der Waals surface area contributed by atoms with Gasteiger partial charge >= 0.3 is 6.03 Å². The maximum Gasteiger partial charge on any atom is 0.319 e. The average Bonchev–Trinajstić information content (AvgIpc) is 3.09. The molecule has 3 heterocycles. The SMILES string of the molecule is CCNC(=O)Nc1ccc(-c2cc(N3CCOC[C@@H]3C)c3nc(C)n(CC(C)C)c3n2)cc1. The predicted molar refractivity (Wildman–Crippen MR) is 133 cm³/mol. The topological polar surface area (TPSA) is 84.3 Å². The van der Waals surface area contributed by atoms with Gasteiger partial charge < -0.3 is 24.8 Å². The molecule has 8 heteroatoms. The summed E-state index contributed by atoms with van der Waals surface area (Å²) < 4.78 is 7.91. The molecular formula is C25H34N6O2. The van der Waals surface area contributed by atoms with E-state index in [0.717, 1.165) is 52.7 Å². The molecule has 4 rings (SSSR count). The fourth-order valence-electron chi connectivity index (χ4n) is 4.28. The van der Waals surface area contributed by atoms with Gasteiger partial charge in [0.2, 0.25) is 0 Å². The zero-order valence-corrected chi connectivity index (χ0v) is 20.2. The second-order valence-corrected chi connectivity index (χ2v) is 9.04. The van der Waals surface area contributed by atoms with E-state index in [2.05, 4.69) is 53.9 Å². The number of anilines is 2. The van der Waals surface area contributed by atoms with Crippen LogP contribution in [0.4, 0.5) is 16.2 Å². The first-order valence-electron chi connectivity index (χ1n) is 11.7. The van der Waals surface area contributed by atoms with Crippen molar-refractivity contribution in [2.45, 2.75) is 47.2 Å². The monoisotopic (exact) mass is 450 g/mol. The van der Waals surface area contributed by atoms with Crippen molar-refractivity contribution in [3.05, 3.63) is 36.2 Å². The molecule has 2 N–H and O–H groups in total. The van der Waals surface area contributed by atoms with Crippen LogP contribution < -0.4 is 15.5 Å². The van der Waals surface area contributed by atoms with E-state index in [1.807, 2.05) is 31.2 Å². The summed E-state index contributed by atoms with van der Waals surface area (Å²) in [6.45, 7) is 14.2. The number of hydrogen-bond acceptors (Lipinski definition) is 5. The number of nitrogens with zero attached hydrogens (tertiary/aromatic N) is 4. The van der Waals surface area contributed by atoms with Gasteiger partial charge in [-0.15, -0.1) is 0 Å². The highest BCUT2D eigenvalue weighted by Crippen LogP contribution is 2.33. The molecule has 0 aliphatic carbocycles. The van der Waals surface area contributed by atoms with Crippen LogP contribution in [0.2, 0.25) is 0 Å². The number of hydrogen-bond donors (Lipinski definition) is 2. The van der Waals surface area contributed by atoms with Gasteiger partial charge in [0.05, 0.1) is 24.6 Å². The summed E-state index contributed by atoms with van der Waals surface area (Å²) in [6, 6.07) is 10.0. The molecule has 8 nitrogen and oxygen atoms in total. The van der Waals surface area contributed by atoms with Crippen LogP contribution in [0.25, 0.3) is 22.4 Å². The molecule has 0 unspecified atom stereocenters. The Bertz CT molecular complexity index is 1120. The first kappa shape index (κ1) is 23.0. The molecule has 2 amide bonds. The molecule has 176 valence electrons. The zero-order chi connectivity index (χ0) is 23.5. The van der Waals surface area contributed by atoms with E-state index in [1.165, 1.54) is 0 Å². The van der Waals surface area contributed by atoms with Crippen LogP contribution in [0.15, 0.2) is 30.3 Å². The van der Waals surface area contributed by atoms with Crippen molar-refractivity contribution in [3.8, 4) is 11.3 Å². The molecule has 1 atom stereocenters. The van der Waals surface area contributed by atoms with Crippen molar-refractivity contribution in [3.63, 3.8) is 0 Å². The summed E-state index contributed by atoms with van der Waals surface area (Å²) in [4.78, 5) is 24.2. The Hall–Kier alpha value is -3.13. The number of morpholine rings is 1. The van der Waals surface area contributed by atoms with Crippen LogP contribution in [0.5, 0.6) is 0 Å². The highest BCUT2D eigenvalue weighted by Gasteiger charge is 2.25. The quantitative estimate of drug-likeness (QED) is 0.580. The van der Waals surface area contributed by atoms with Gasteiger partial charge in [0.15, 0.2) is 5.65 Å². The number of carbonyl (C=O) groups excluding carboxylic acids is 1. The number of carbonyl (C=O) groups is 1. The largest absolute Gasteiger partial charge is 0.377 e. The number of urea groups is 1. The van der Waals surface area contributed by atoms with Crippen LogP contribution in [-0.2, 0) is 11.3 Å². The second-order valence-electron chi connectivity index (χ2n) is 9.04. The number of aryl methyl sites for hydroxylation is 1. The van der Waals surface area contributed by atoms with E-state index in [1.54, 1.807) is 0 Å². The van der Waals surface area contributed by atoms with E-state index in [-0.39, 0.29) is 12.1 Å². The van der Waals surface area contributed by atoms with Crippen LogP contribution in [0, 0.1) is 12.8 Å². The molecule has 33 heavy (non-hydrogen) atoms. The Morgan fingerprint density at radius 1 is 1.24 bits per heavy atom. The molecule has 0 saturated carbocycles. The highest BCUT2D eigenvalue weighted by molar-refractivity contribution is 5.91. The van der Waals surface area contributed by atoms with Gasteiger partial charge in [0, 0.05) is 36.9 Å². The number of fused-ring (bicyclic) bond motifs is 1. The van der Waals surface area contributed by atoms with Crippen LogP contribution in [-0.4, -0.2) is 52.9 Å². The minimum absolute atomic E-state index is 0.207. The Morgan fingerprint density at radius 2 is 2.00 bits per heavy atom. The molecule has 0 radical (unpaired) electrons. The molecule has 0 bridgehead atoms. The van der Waals surface area contributed by atoms with Crippen molar-refractivity contribution >= 4 is 28.6 Å². The first-order chi connectivity index (χ1) is 15.9. The standard InChI is InChI=1S/C25H34N6O2/c1-6-26-25(32)28-20-9-7-19(8-10-20)21-13-22(30-11-12-33-15-17(30)4)23-24(29-21)31(14-16(2)3)18(5)27-23/h7-10,13,16-17H,6,11-12,14-15H2,1-5H3,(H2,26,28,32)/t17-/m0/s1. The van der Waals surface area contributed by atoms with Crippen molar-refractivity contribution in [2.24, 2.45) is 5.92 Å². The highest BCUT2D eigenvalue weighted by atomic mass is 16.5. The first-order valence-corrected chi connectivity index (χ1v) is 11.7. The van der Waals surface area contributed by atoms with Gasteiger partial charge in [-0.2, -0.15) is 0 Å². The smallest absolute Gasteiger partial charge is 0.319 e. The maximum absolute atomic E-state index is 11.8. The number of pyridine rings is 1. The van der Waals surface area contributed by atoms with Gasteiger partial charge in [-0.1, -0.05) is 26.0 Å². The number of benzene rings is 1. The maximum atomic E-state index is 11.8. The third kappa shape index (κ3) is 4.95. The molecule has 1 fully saturated rings. The van der Waals surface area contributed by atoms with Gasteiger partial charge in [0.1, 0.15) is 11.3 Å². The number of ether oxygens (including phenoxy) is 1. The minimum atomic E-state index is -0.207. The van der Waals surface area contributed by atoms with Crippen molar-refractivity contribution < 1.29 is 9.53 Å². The van der Waals surface area contributed by atoms with Crippen molar-refractivity contribution in [2.75, 3.05) is 36.5 Å². The molecule has 2 aromatic heterocycles. The van der Waals surface area contributed by atoms with Crippen LogP contribution in [0.1, 0.15) is 33.5 Å². The lowest BCUT2D eigenvalue weighted by Gasteiger charge is -2.35.